The van der Waals surface area contributed by atoms with Crippen molar-refractivity contribution >= 4 is 0 Å². The molecule has 0 spiro atoms. The van der Waals surface area contributed by atoms with Gasteiger partial charge in [-0.05, 0) is 18.6 Å². The van der Waals surface area contributed by atoms with Crippen LogP contribution in [0.3, 0.4) is 0 Å². The summed E-state index contributed by atoms with van der Waals surface area (Å²) >= 11 is 0. The summed E-state index contributed by atoms with van der Waals surface area (Å²) in [5.41, 5.74) is 9.24. The van der Waals surface area contributed by atoms with Crippen molar-refractivity contribution in [3.8, 4) is 5.75 Å². The van der Waals surface area contributed by atoms with Crippen LogP contribution < -0.4 is 10.5 Å². The molecule has 0 fully saturated rings. The number of rotatable bonds is 4. The molecule has 18 heavy (non-hydrogen) atoms. The number of aryl methyl sites for hydroxylation is 2. The lowest BCUT2D eigenvalue weighted by molar-refractivity contribution is 0.405. The van der Waals surface area contributed by atoms with Gasteiger partial charge in [0, 0.05) is 31.3 Å². The molecule has 5 heteroatoms. The minimum atomic E-state index is -0.141. The summed E-state index contributed by atoms with van der Waals surface area (Å²) in [7, 11) is 3.50. The van der Waals surface area contributed by atoms with E-state index in [1.54, 1.807) is 11.8 Å². The molecule has 1 atom stereocenters. The third kappa shape index (κ3) is 2.68. The lowest BCUT2D eigenvalue weighted by Crippen LogP contribution is -2.14. The maximum absolute atomic E-state index is 6.21. The Hall–Kier alpha value is -1.88. The Morgan fingerprint density at radius 3 is 2.83 bits per heavy atom. The summed E-state index contributed by atoms with van der Waals surface area (Å²) in [6.07, 6.45) is 2.52. The van der Waals surface area contributed by atoms with Crippen molar-refractivity contribution in [3.05, 3.63) is 41.2 Å². The lowest BCUT2D eigenvalue weighted by atomic mass is 10.0. The second-order valence-electron chi connectivity index (χ2n) is 4.44. The maximum atomic E-state index is 6.21. The third-order valence-electron chi connectivity index (χ3n) is 2.87. The van der Waals surface area contributed by atoms with Gasteiger partial charge in [-0.15, -0.1) is 5.10 Å². The topological polar surface area (TPSA) is 66.0 Å². The minimum Gasteiger partial charge on any atom is -0.496 e. The average molecular weight is 246 g/mol. The first-order chi connectivity index (χ1) is 8.60. The van der Waals surface area contributed by atoms with Crippen molar-refractivity contribution in [2.75, 3.05) is 7.11 Å². The first kappa shape index (κ1) is 12.6. The van der Waals surface area contributed by atoms with E-state index in [0.717, 1.165) is 22.6 Å². The molecule has 0 saturated carbocycles. The second kappa shape index (κ2) is 5.18. The van der Waals surface area contributed by atoms with Gasteiger partial charge in [-0.3, -0.25) is 4.68 Å². The monoisotopic (exact) mass is 246 g/mol. The van der Waals surface area contributed by atoms with Crippen molar-refractivity contribution in [1.82, 2.24) is 15.0 Å². The summed E-state index contributed by atoms with van der Waals surface area (Å²) in [5.74, 6) is 0.825. The molecule has 2 N–H and O–H groups in total. The molecule has 2 rings (SSSR count). The van der Waals surface area contributed by atoms with Crippen molar-refractivity contribution in [3.63, 3.8) is 0 Å². The Kier molecular flexibility index (Phi) is 3.62. The molecule has 0 bridgehead atoms. The minimum absolute atomic E-state index is 0.141. The van der Waals surface area contributed by atoms with Gasteiger partial charge in [-0.25, -0.2) is 0 Å². The molecular formula is C13H18N4O. The summed E-state index contributed by atoms with van der Waals surface area (Å²) in [5, 5.41) is 7.95. The van der Waals surface area contributed by atoms with Crippen LogP contribution >= 0.6 is 0 Å². The molecule has 0 aliphatic rings. The van der Waals surface area contributed by atoms with Gasteiger partial charge in [0.25, 0.3) is 0 Å². The number of aromatic nitrogens is 3. The molecule has 96 valence electrons. The summed E-state index contributed by atoms with van der Waals surface area (Å²) in [6, 6.07) is 5.90. The second-order valence-corrected chi connectivity index (χ2v) is 4.44. The van der Waals surface area contributed by atoms with Crippen LogP contribution in [0.2, 0.25) is 0 Å². The highest BCUT2D eigenvalue weighted by atomic mass is 16.5. The smallest absolute Gasteiger partial charge is 0.123 e. The zero-order chi connectivity index (χ0) is 13.1. The van der Waals surface area contributed by atoms with Crippen LogP contribution in [0.15, 0.2) is 24.4 Å². The first-order valence-electron chi connectivity index (χ1n) is 5.85. The Labute approximate surface area is 107 Å². The summed E-state index contributed by atoms with van der Waals surface area (Å²) in [4.78, 5) is 0. The van der Waals surface area contributed by atoms with E-state index >= 15 is 0 Å². The molecule has 0 amide bonds. The molecule has 1 heterocycles. The van der Waals surface area contributed by atoms with Crippen molar-refractivity contribution < 1.29 is 4.74 Å². The predicted molar refractivity (Wildman–Crippen MR) is 69.4 cm³/mol. The molecule has 0 saturated heterocycles. The van der Waals surface area contributed by atoms with E-state index in [1.165, 1.54) is 0 Å². The van der Waals surface area contributed by atoms with Gasteiger partial charge < -0.3 is 10.5 Å². The van der Waals surface area contributed by atoms with Gasteiger partial charge in [-0.1, -0.05) is 17.3 Å². The van der Waals surface area contributed by atoms with E-state index in [4.69, 9.17) is 10.5 Å². The maximum Gasteiger partial charge on any atom is 0.123 e. The van der Waals surface area contributed by atoms with E-state index in [-0.39, 0.29) is 6.04 Å². The Morgan fingerprint density at radius 1 is 1.44 bits per heavy atom. The number of nitrogens with zero attached hydrogens (tertiary/aromatic N) is 3. The zero-order valence-electron chi connectivity index (χ0n) is 10.9. The highest BCUT2D eigenvalue weighted by Gasteiger charge is 2.14. The van der Waals surface area contributed by atoms with Gasteiger partial charge >= 0.3 is 0 Å². The van der Waals surface area contributed by atoms with E-state index in [9.17, 15) is 0 Å². The number of hydrogen-bond donors (Lipinski definition) is 1. The molecule has 0 aliphatic heterocycles. The Bertz CT molecular complexity index is 536. The molecule has 2 aromatic rings. The highest BCUT2D eigenvalue weighted by molar-refractivity contribution is 5.39. The molecule has 1 unspecified atom stereocenters. The van der Waals surface area contributed by atoms with E-state index in [1.807, 2.05) is 38.4 Å². The molecular weight excluding hydrogens is 228 g/mol. The van der Waals surface area contributed by atoms with Crippen LogP contribution in [0.4, 0.5) is 0 Å². The largest absolute Gasteiger partial charge is 0.496 e. The summed E-state index contributed by atoms with van der Waals surface area (Å²) in [6.45, 7) is 2.03. The quantitative estimate of drug-likeness (QED) is 0.885. The number of benzene rings is 1. The normalized spacial score (nSPS) is 12.4. The number of ether oxygens (including phenoxy) is 1. The fraction of sp³-hybridized carbons (Fsp3) is 0.385. The molecule has 1 aromatic heterocycles. The van der Waals surface area contributed by atoms with E-state index in [2.05, 4.69) is 10.3 Å². The average Bonchev–Trinajstić information content (AvgIpc) is 2.74. The van der Waals surface area contributed by atoms with Gasteiger partial charge in [0.2, 0.25) is 0 Å². The predicted octanol–water partition coefficient (Wildman–Crippen LogP) is 1.37. The molecule has 5 nitrogen and oxygen atoms in total. The zero-order valence-corrected chi connectivity index (χ0v) is 10.9. The van der Waals surface area contributed by atoms with Crippen LogP contribution in [-0.4, -0.2) is 22.1 Å². The van der Waals surface area contributed by atoms with E-state index in [0.29, 0.717) is 6.42 Å². The van der Waals surface area contributed by atoms with Crippen LogP contribution in [0.25, 0.3) is 0 Å². The fourth-order valence-electron chi connectivity index (χ4n) is 1.95. The van der Waals surface area contributed by atoms with Gasteiger partial charge in [0.15, 0.2) is 0 Å². The van der Waals surface area contributed by atoms with Crippen molar-refractivity contribution in [2.24, 2.45) is 12.8 Å². The Balaban J connectivity index is 2.20. The SMILES string of the molecule is COc1cc(C)ccc1C(N)Cc1cn(C)nn1. The third-order valence-corrected chi connectivity index (χ3v) is 2.87. The van der Waals surface area contributed by atoms with Crippen LogP contribution in [0.1, 0.15) is 22.9 Å². The number of nitrogens with two attached hydrogens (primary N) is 1. The molecule has 1 aromatic carbocycles. The van der Waals surface area contributed by atoms with Gasteiger partial charge in [0.1, 0.15) is 5.75 Å². The van der Waals surface area contributed by atoms with Gasteiger partial charge in [0.05, 0.1) is 12.8 Å². The van der Waals surface area contributed by atoms with Crippen molar-refractivity contribution in [1.29, 1.82) is 0 Å². The number of methoxy groups -OCH3 is 1. The summed E-state index contributed by atoms with van der Waals surface area (Å²) < 4.78 is 7.04. The standard InChI is InChI=1S/C13H18N4O/c1-9-4-5-11(13(6-9)18-3)12(14)7-10-8-17(2)16-15-10/h4-6,8,12H,7,14H2,1-3H3. The fourth-order valence-corrected chi connectivity index (χ4v) is 1.95. The molecule has 0 radical (unpaired) electrons. The highest BCUT2D eigenvalue weighted by Crippen LogP contribution is 2.26. The lowest BCUT2D eigenvalue weighted by Gasteiger charge is -2.15. The van der Waals surface area contributed by atoms with Crippen molar-refractivity contribution in [2.45, 2.75) is 19.4 Å². The Morgan fingerprint density at radius 2 is 2.22 bits per heavy atom. The van der Waals surface area contributed by atoms with Crippen LogP contribution in [0.5, 0.6) is 5.75 Å². The molecule has 0 aliphatic carbocycles. The van der Waals surface area contributed by atoms with Gasteiger partial charge in [-0.2, -0.15) is 0 Å². The van der Waals surface area contributed by atoms with E-state index < -0.39 is 0 Å². The van der Waals surface area contributed by atoms with Crippen LogP contribution in [-0.2, 0) is 13.5 Å². The first-order valence-corrected chi connectivity index (χ1v) is 5.85. The van der Waals surface area contributed by atoms with Crippen LogP contribution in [0, 0.1) is 6.92 Å². The number of hydrogen-bond acceptors (Lipinski definition) is 4.